The van der Waals surface area contributed by atoms with Gasteiger partial charge in [0.25, 0.3) is 0 Å². The van der Waals surface area contributed by atoms with E-state index in [1.54, 1.807) is 0 Å². The average Bonchev–Trinajstić information content (AvgIpc) is 2.14. The van der Waals surface area contributed by atoms with Crippen LogP contribution in [0.2, 0.25) is 0 Å². The van der Waals surface area contributed by atoms with Crippen LogP contribution in [0.4, 0.5) is 13.2 Å². The summed E-state index contributed by atoms with van der Waals surface area (Å²) < 4.78 is 35.6. The van der Waals surface area contributed by atoms with Gasteiger partial charge in [-0.2, -0.15) is 13.2 Å². The molecule has 0 saturated heterocycles. The van der Waals surface area contributed by atoms with Crippen LogP contribution >= 0.6 is 11.6 Å². The molecule has 2 unspecified atom stereocenters. The van der Waals surface area contributed by atoms with Crippen molar-refractivity contribution in [2.24, 2.45) is 5.92 Å². The molecule has 16 heavy (non-hydrogen) atoms. The van der Waals surface area contributed by atoms with E-state index in [4.69, 9.17) is 11.6 Å². The second kappa shape index (κ2) is 5.75. The second-order valence-corrected chi connectivity index (χ2v) is 4.72. The van der Waals surface area contributed by atoms with Gasteiger partial charge in [-0.25, -0.2) is 0 Å². The quantitative estimate of drug-likeness (QED) is 0.774. The van der Waals surface area contributed by atoms with Crippen LogP contribution in [-0.4, -0.2) is 24.0 Å². The van der Waals surface area contributed by atoms with E-state index in [0.717, 1.165) is 25.7 Å². The molecule has 1 aliphatic rings. The van der Waals surface area contributed by atoms with Crippen molar-refractivity contribution in [1.29, 1.82) is 0 Å². The summed E-state index contributed by atoms with van der Waals surface area (Å²) in [5, 5.41) is 2.27. The highest BCUT2D eigenvalue weighted by atomic mass is 35.5. The number of amides is 1. The summed E-state index contributed by atoms with van der Waals surface area (Å²) in [6.45, 7) is 0.253. The standard InChI is InChI=1S/C10H15ClF3NO/c11-8-4-2-1-3-7(8)6-15-9(16)5-10(12,13)14/h7-8H,1-6H2,(H,15,16). The zero-order valence-corrected chi connectivity index (χ0v) is 9.57. The Hall–Kier alpha value is -0.450. The van der Waals surface area contributed by atoms with Crippen molar-refractivity contribution in [2.45, 2.75) is 43.7 Å². The summed E-state index contributed by atoms with van der Waals surface area (Å²) in [7, 11) is 0. The molecular weight excluding hydrogens is 243 g/mol. The van der Waals surface area contributed by atoms with Gasteiger partial charge in [0.2, 0.25) is 5.91 Å². The van der Waals surface area contributed by atoms with Crippen molar-refractivity contribution in [1.82, 2.24) is 5.32 Å². The van der Waals surface area contributed by atoms with E-state index in [0.29, 0.717) is 0 Å². The topological polar surface area (TPSA) is 29.1 Å². The van der Waals surface area contributed by atoms with E-state index in [1.165, 1.54) is 0 Å². The lowest BCUT2D eigenvalue weighted by Crippen LogP contribution is -2.36. The van der Waals surface area contributed by atoms with Crippen LogP contribution in [0, 0.1) is 5.92 Å². The maximum atomic E-state index is 11.9. The number of carbonyl (C=O) groups is 1. The van der Waals surface area contributed by atoms with Gasteiger partial charge in [-0.3, -0.25) is 4.79 Å². The first-order valence-electron chi connectivity index (χ1n) is 5.36. The molecule has 2 atom stereocenters. The zero-order valence-electron chi connectivity index (χ0n) is 8.82. The van der Waals surface area contributed by atoms with Gasteiger partial charge in [0, 0.05) is 11.9 Å². The van der Waals surface area contributed by atoms with E-state index in [2.05, 4.69) is 5.32 Å². The normalized spacial score (nSPS) is 26.5. The van der Waals surface area contributed by atoms with Crippen molar-refractivity contribution in [3.63, 3.8) is 0 Å². The first-order valence-corrected chi connectivity index (χ1v) is 5.79. The summed E-state index contributed by atoms with van der Waals surface area (Å²) in [6, 6.07) is 0. The Balaban J connectivity index is 2.25. The third kappa shape index (κ3) is 5.05. The molecule has 0 spiro atoms. The average molecular weight is 258 g/mol. The summed E-state index contributed by atoms with van der Waals surface area (Å²) in [6.07, 6.45) is -2.00. The molecular formula is C10H15ClF3NO. The van der Waals surface area contributed by atoms with E-state index in [9.17, 15) is 18.0 Å². The van der Waals surface area contributed by atoms with Gasteiger partial charge >= 0.3 is 6.18 Å². The SMILES string of the molecule is O=C(CC(F)(F)F)NCC1CCCCC1Cl. The molecule has 6 heteroatoms. The van der Waals surface area contributed by atoms with Gasteiger partial charge in [0.05, 0.1) is 0 Å². The van der Waals surface area contributed by atoms with Crippen LogP contribution in [0.25, 0.3) is 0 Å². The monoisotopic (exact) mass is 257 g/mol. The fourth-order valence-electron chi connectivity index (χ4n) is 1.88. The van der Waals surface area contributed by atoms with Gasteiger partial charge in [-0.05, 0) is 18.8 Å². The molecule has 1 amide bonds. The number of alkyl halides is 4. The molecule has 1 N–H and O–H groups in total. The first-order chi connectivity index (χ1) is 7.38. The van der Waals surface area contributed by atoms with Gasteiger partial charge in [0.15, 0.2) is 0 Å². The Morgan fingerprint density at radius 2 is 1.94 bits per heavy atom. The first kappa shape index (κ1) is 13.6. The number of nitrogens with one attached hydrogen (secondary N) is 1. The van der Waals surface area contributed by atoms with E-state index < -0.39 is 18.5 Å². The third-order valence-corrected chi connectivity index (χ3v) is 3.31. The van der Waals surface area contributed by atoms with Crippen LogP contribution in [0.1, 0.15) is 32.1 Å². The van der Waals surface area contributed by atoms with Crippen LogP contribution in [-0.2, 0) is 4.79 Å². The highest BCUT2D eigenvalue weighted by Gasteiger charge is 2.31. The van der Waals surface area contributed by atoms with Crippen LogP contribution in [0.5, 0.6) is 0 Å². The van der Waals surface area contributed by atoms with Crippen LogP contribution in [0.3, 0.4) is 0 Å². The lowest BCUT2D eigenvalue weighted by atomic mass is 9.89. The number of carbonyl (C=O) groups excluding carboxylic acids is 1. The molecule has 0 radical (unpaired) electrons. The fraction of sp³-hybridized carbons (Fsp3) is 0.900. The largest absolute Gasteiger partial charge is 0.397 e. The molecule has 0 heterocycles. The minimum Gasteiger partial charge on any atom is -0.355 e. The molecule has 1 aliphatic carbocycles. The predicted octanol–water partition coefficient (Wildman–Crippen LogP) is 2.85. The number of hydrogen-bond acceptors (Lipinski definition) is 1. The Bertz CT molecular complexity index is 245. The summed E-state index contributed by atoms with van der Waals surface area (Å²) in [4.78, 5) is 10.9. The molecule has 1 fully saturated rings. The van der Waals surface area contributed by atoms with Crippen LogP contribution in [0.15, 0.2) is 0 Å². The molecule has 0 aromatic carbocycles. The second-order valence-electron chi connectivity index (χ2n) is 4.16. The van der Waals surface area contributed by atoms with Gasteiger partial charge in [-0.1, -0.05) is 12.8 Å². The molecule has 0 aliphatic heterocycles. The van der Waals surface area contributed by atoms with Crippen LogP contribution < -0.4 is 5.32 Å². The Morgan fingerprint density at radius 1 is 1.31 bits per heavy atom. The van der Waals surface area contributed by atoms with Crippen molar-refractivity contribution in [2.75, 3.05) is 6.54 Å². The Morgan fingerprint density at radius 3 is 2.50 bits per heavy atom. The van der Waals surface area contributed by atoms with Crippen molar-refractivity contribution >= 4 is 17.5 Å². The molecule has 0 bridgehead atoms. The minimum absolute atomic E-state index is 0.0278. The molecule has 2 nitrogen and oxygen atoms in total. The number of rotatable bonds is 3. The number of halogens is 4. The maximum Gasteiger partial charge on any atom is 0.397 e. The summed E-state index contributed by atoms with van der Waals surface area (Å²) >= 11 is 6.03. The zero-order chi connectivity index (χ0) is 12.2. The highest BCUT2D eigenvalue weighted by molar-refractivity contribution is 6.20. The summed E-state index contributed by atoms with van der Waals surface area (Å²) in [5.74, 6) is -0.866. The number of hydrogen-bond donors (Lipinski definition) is 1. The molecule has 0 aromatic rings. The smallest absolute Gasteiger partial charge is 0.355 e. The van der Waals surface area contributed by atoms with E-state index >= 15 is 0 Å². The maximum absolute atomic E-state index is 11.9. The van der Waals surface area contributed by atoms with E-state index in [1.807, 2.05) is 0 Å². The molecule has 94 valence electrons. The van der Waals surface area contributed by atoms with Gasteiger partial charge in [0.1, 0.15) is 6.42 Å². The molecule has 0 aromatic heterocycles. The van der Waals surface area contributed by atoms with Crippen molar-refractivity contribution in [3.05, 3.63) is 0 Å². The lowest BCUT2D eigenvalue weighted by Gasteiger charge is -2.27. The molecule has 1 rings (SSSR count). The summed E-state index contributed by atoms with van der Waals surface area (Å²) in [5.41, 5.74) is 0. The van der Waals surface area contributed by atoms with E-state index in [-0.39, 0.29) is 17.8 Å². The lowest BCUT2D eigenvalue weighted by molar-refractivity contribution is -0.153. The fourth-order valence-corrected chi connectivity index (χ4v) is 2.25. The Kier molecular flexibility index (Phi) is 4.89. The predicted molar refractivity (Wildman–Crippen MR) is 55.3 cm³/mol. The highest BCUT2D eigenvalue weighted by Crippen LogP contribution is 2.28. The minimum atomic E-state index is -4.43. The Labute approximate surface area is 97.5 Å². The van der Waals surface area contributed by atoms with Gasteiger partial charge < -0.3 is 5.32 Å². The van der Waals surface area contributed by atoms with Gasteiger partial charge in [-0.15, -0.1) is 11.6 Å². The third-order valence-electron chi connectivity index (χ3n) is 2.74. The van der Waals surface area contributed by atoms with Crippen molar-refractivity contribution < 1.29 is 18.0 Å². The molecule has 1 saturated carbocycles. The van der Waals surface area contributed by atoms with Crippen molar-refractivity contribution in [3.8, 4) is 0 Å².